The molecule has 0 saturated carbocycles. The van der Waals surface area contributed by atoms with Crippen LogP contribution < -0.4 is 0 Å². The molecule has 7 rings (SSSR count). The van der Waals surface area contributed by atoms with Crippen LogP contribution in [0, 0.1) is 0 Å². The molecule has 5 heterocycles. The number of aliphatic hydroxyl groups is 1. The van der Waals surface area contributed by atoms with E-state index < -0.39 is 282 Å². The number of carbonyl (C=O) groups excluding carboxylic acids is 16. The summed E-state index contributed by atoms with van der Waals surface area (Å²) in [5, 5.41) is 12.7. The highest BCUT2D eigenvalue weighted by atomic mass is 16.8. The number of aliphatic hydroxyl groups excluding tert-OH is 1. The Hall–Kier alpha value is -10.4. The summed E-state index contributed by atoms with van der Waals surface area (Å²) in [4.78, 5) is 212. The van der Waals surface area contributed by atoms with Crippen molar-refractivity contribution in [3.8, 4) is 0 Å². The molecule has 0 bridgehead atoms. The lowest BCUT2D eigenvalue weighted by molar-refractivity contribution is -0.390. The maximum Gasteiger partial charge on any atom is 0.338 e. The molecular formula is C72H88O42. The first-order valence-corrected chi connectivity index (χ1v) is 35.1. The molecule has 0 unspecified atom stereocenters. The lowest BCUT2D eigenvalue weighted by atomic mass is 9.95. The van der Waals surface area contributed by atoms with Gasteiger partial charge in [-0.15, -0.1) is 0 Å². The number of ether oxygens (including phenoxy) is 25. The number of hydrogen-bond donors (Lipinski definition) is 1. The van der Waals surface area contributed by atoms with E-state index in [1.807, 2.05) is 0 Å². The van der Waals surface area contributed by atoms with Crippen molar-refractivity contribution >= 4 is 95.5 Å². The second kappa shape index (κ2) is 42.1. The van der Waals surface area contributed by atoms with Gasteiger partial charge in [0.05, 0.1) is 17.7 Å². The van der Waals surface area contributed by atoms with E-state index in [0.717, 1.165) is 96.9 Å². The van der Waals surface area contributed by atoms with Crippen LogP contribution in [-0.4, -0.2) is 287 Å². The van der Waals surface area contributed by atoms with Crippen molar-refractivity contribution in [3.63, 3.8) is 0 Å². The summed E-state index contributed by atoms with van der Waals surface area (Å²) in [6.07, 6.45) is -53.2. The first-order chi connectivity index (χ1) is 53.8. The fraction of sp³-hybridized carbons (Fsp3) is 0.611. The van der Waals surface area contributed by atoms with Crippen LogP contribution in [0.25, 0.3) is 0 Å². The summed E-state index contributed by atoms with van der Waals surface area (Å²) < 4.78 is 149. The van der Waals surface area contributed by atoms with E-state index in [0.29, 0.717) is 0 Å². The normalized spacial score (nSPS) is 31.0. The Kier molecular flexibility index (Phi) is 33.5. The molecule has 5 saturated heterocycles. The van der Waals surface area contributed by atoms with Gasteiger partial charge in [-0.3, -0.25) is 67.1 Å². The molecule has 0 spiro atoms. The van der Waals surface area contributed by atoms with Gasteiger partial charge in [-0.1, -0.05) is 36.4 Å². The molecule has 0 aliphatic carbocycles. The minimum atomic E-state index is -2.59. The molecular weight excluding hydrogens is 1540 g/mol. The molecule has 42 nitrogen and oxygen atoms in total. The van der Waals surface area contributed by atoms with Crippen molar-refractivity contribution in [1.82, 2.24) is 0 Å². The first-order valence-electron chi connectivity index (χ1n) is 35.1. The van der Waals surface area contributed by atoms with Gasteiger partial charge in [0.1, 0.15) is 63.1 Å². The van der Waals surface area contributed by atoms with Gasteiger partial charge >= 0.3 is 95.5 Å². The largest absolute Gasteiger partial charge is 0.463 e. The van der Waals surface area contributed by atoms with Crippen LogP contribution in [0.2, 0.25) is 0 Å². The average Bonchev–Trinajstić information content (AvgIpc) is 0.760. The van der Waals surface area contributed by atoms with E-state index in [-0.39, 0.29) is 11.1 Å². The van der Waals surface area contributed by atoms with Crippen molar-refractivity contribution in [2.75, 3.05) is 33.0 Å². The fourth-order valence-corrected chi connectivity index (χ4v) is 12.5. The summed E-state index contributed by atoms with van der Waals surface area (Å²) in [6.45, 7) is 8.15. The maximum atomic E-state index is 15.0. The summed E-state index contributed by atoms with van der Waals surface area (Å²) in [5.74, 6) is -17.7. The van der Waals surface area contributed by atoms with E-state index in [1.165, 1.54) is 60.7 Å². The summed E-state index contributed by atoms with van der Waals surface area (Å²) in [5.41, 5.74) is -0.469. The molecule has 0 aromatic heterocycles. The maximum absolute atomic E-state index is 15.0. The number of rotatable bonds is 31. The molecule has 2 aromatic rings. The third-order valence-corrected chi connectivity index (χ3v) is 16.6. The molecule has 628 valence electrons. The van der Waals surface area contributed by atoms with E-state index in [9.17, 15) is 77.0 Å². The highest BCUT2D eigenvalue weighted by Gasteiger charge is 2.63. The highest BCUT2D eigenvalue weighted by Crippen LogP contribution is 2.41. The Morgan fingerprint density at radius 2 is 0.474 bits per heavy atom. The van der Waals surface area contributed by atoms with Crippen LogP contribution in [0.15, 0.2) is 60.7 Å². The fourth-order valence-electron chi connectivity index (χ4n) is 12.5. The highest BCUT2D eigenvalue weighted by molar-refractivity contribution is 5.90. The Morgan fingerprint density at radius 1 is 0.246 bits per heavy atom. The minimum absolute atomic E-state index is 0.221. The molecule has 5 aliphatic heterocycles. The van der Waals surface area contributed by atoms with Gasteiger partial charge in [0.2, 0.25) is 0 Å². The molecule has 42 heteroatoms. The van der Waals surface area contributed by atoms with E-state index in [4.69, 9.17) is 118 Å². The number of benzene rings is 2. The van der Waals surface area contributed by atoms with Crippen molar-refractivity contribution in [3.05, 3.63) is 71.8 Å². The van der Waals surface area contributed by atoms with Gasteiger partial charge < -0.3 is 124 Å². The van der Waals surface area contributed by atoms with Gasteiger partial charge in [-0.2, -0.15) is 0 Å². The van der Waals surface area contributed by atoms with E-state index >= 15 is 4.79 Å². The SMILES string of the molecule is CC(=O)OC[C@@H]1O[C@@H](O[C@@H]2[C@H](OC[C@H]3O[C@@H](O)[C@H](OC(=O)c4ccccc4)[C@@H](O[C@H]4O[C@@H](COC(C)=O)[C@@H](OC(C)=O)[C@H](OC(C)=O)[C@H]4O[C@@H]4O[C@@H](COC(C)=O)[C@H](OC(C)=O)[C@H](OC(C)=O)[C@@H]4OC(C)=O)[C@@H]3OC(=O)c3ccccc3)O[C@@H](COC(C)=O)[C@H](OC(C)=O)[C@@H]2OC(C)=O)[C@@H](OC(C)=O)[C@@H](OC(C)=O)[C@H]1OC(C)=O. The topological polar surface area (TPSA) is 524 Å². The zero-order valence-electron chi connectivity index (χ0n) is 63.9. The van der Waals surface area contributed by atoms with Gasteiger partial charge in [0.25, 0.3) is 0 Å². The summed E-state index contributed by atoms with van der Waals surface area (Å²) in [6, 6.07) is 13.7. The van der Waals surface area contributed by atoms with Crippen LogP contribution in [-0.2, 0) is 186 Å². The van der Waals surface area contributed by atoms with Crippen molar-refractivity contribution < 1.29 is 200 Å². The van der Waals surface area contributed by atoms with Crippen LogP contribution in [0.3, 0.4) is 0 Å². The van der Waals surface area contributed by atoms with E-state index in [2.05, 4.69) is 0 Å². The molecule has 114 heavy (non-hydrogen) atoms. The Bertz CT molecular complexity index is 3750. The second-order valence-electron chi connectivity index (χ2n) is 25.8. The average molecular weight is 1630 g/mol. The Balaban J connectivity index is 1.49. The monoisotopic (exact) mass is 1620 g/mol. The molecule has 25 atom stereocenters. The zero-order valence-corrected chi connectivity index (χ0v) is 63.9. The molecule has 0 radical (unpaired) electrons. The van der Waals surface area contributed by atoms with Gasteiger partial charge in [-0.05, 0) is 24.3 Å². The number of esters is 16. The summed E-state index contributed by atoms with van der Waals surface area (Å²) in [7, 11) is 0. The molecule has 5 fully saturated rings. The minimum Gasteiger partial charge on any atom is -0.463 e. The zero-order chi connectivity index (χ0) is 84.1. The van der Waals surface area contributed by atoms with E-state index in [1.54, 1.807) is 0 Å². The van der Waals surface area contributed by atoms with Crippen LogP contribution in [0.4, 0.5) is 0 Å². The summed E-state index contributed by atoms with van der Waals surface area (Å²) >= 11 is 0. The first kappa shape index (κ1) is 90.7. The molecule has 2 aromatic carbocycles. The number of hydrogen-bond acceptors (Lipinski definition) is 42. The smallest absolute Gasteiger partial charge is 0.338 e. The molecule has 5 aliphatic rings. The second-order valence-corrected chi connectivity index (χ2v) is 25.8. The molecule has 0 amide bonds. The Labute approximate surface area is 649 Å². The van der Waals surface area contributed by atoms with Crippen LogP contribution in [0.1, 0.15) is 118 Å². The van der Waals surface area contributed by atoms with Crippen molar-refractivity contribution in [1.29, 1.82) is 0 Å². The standard InChI is InChI=1S/C72H88O42/c1-30(73)90-25-47-51(95-34(5)77)57(99-38(9)81)62(113-70-63(103-42(13)85)58(100-39(10)82)52(96-35(6)78)48(107-70)26-91-31(2)74)69(106-47)94-29-46-55(110-66(87)44-21-17-15-18-22-44)56(61(68(89)105-46)111-67(88)45-23-19-16-20-24-45)112-72-65(60(102-41(12)84)54(98-37(8)80)50(109-72)28-93-33(4)76)114-71-64(104-43(14)86)59(101-40(11)83)53(97-36(7)79)49(108-71)27-92-32(3)75/h15-24,46-65,68-72,89H,25-29H2,1-14H3/t46-,47+,48+,49+,50+,51+,52+,53+,54-,55-,56+,57+,58+,59+,60+,61-,62+,63+,64+,65-,68-,69-,70+,71+,72-/m1/s1. The van der Waals surface area contributed by atoms with Crippen molar-refractivity contribution in [2.45, 2.75) is 250 Å². The third kappa shape index (κ3) is 26.0. The lowest BCUT2D eigenvalue weighted by Crippen LogP contribution is -2.69. The van der Waals surface area contributed by atoms with Gasteiger partial charge in [0, 0.05) is 96.9 Å². The lowest BCUT2D eigenvalue weighted by Gasteiger charge is -2.50. The van der Waals surface area contributed by atoms with Gasteiger partial charge in [-0.25, -0.2) is 9.59 Å². The third-order valence-electron chi connectivity index (χ3n) is 16.6. The van der Waals surface area contributed by atoms with Crippen LogP contribution in [0.5, 0.6) is 0 Å². The van der Waals surface area contributed by atoms with Crippen molar-refractivity contribution in [2.24, 2.45) is 0 Å². The quantitative estimate of drug-likeness (QED) is 0.0754. The predicted octanol–water partition coefficient (Wildman–Crippen LogP) is -0.204. The van der Waals surface area contributed by atoms with Crippen LogP contribution >= 0.6 is 0 Å². The predicted molar refractivity (Wildman–Crippen MR) is 359 cm³/mol. The molecule has 1 N–H and O–H groups in total. The number of carbonyl (C=O) groups is 16. The van der Waals surface area contributed by atoms with Gasteiger partial charge in [0.15, 0.2) is 117 Å². The Morgan fingerprint density at radius 3 is 0.772 bits per heavy atom.